The molecule has 3 aromatic rings. The van der Waals surface area contributed by atoms with Crippen molar-refractivity contribution in [2.45, 2.75) is 33.7 Å². The van der Waals surface area contributed by atoms with Crippen molar-refractivity contribution in [2.75, 3.05) is 6.54 Å². The highest BCUT2D eigenvalue weighted by Gasteiger charge is 2.20. The molecule has 1 amide bonds. The van der Waals surface area contributed by atoms with Crippen LogP contribution in [0.5, 0.6) is 0 Å². The number of carbonyl (C=O) groups is 1. The van der Waals surface area contributed by atoms with E-state index < -0.39 is 0 Å². The van der Waals surface area contributed by atoms with Crippen LogP contribution in [0.1, 0.15) is 44.9 Å². The number of aromatic nitrogens is 2. The van der Waals surface area contributed by atoms with Crippen molar-refractivity contribution in [1.29, 1.82) is 0 Å². The van der Waals surface area contributed by atoms with Crippen molar-refractivity contribution in [1.82, 2.24) is 15.1 Å². The van der Waals surface area contributed by atoms with E-state index in [1.165, 1.54) is 0 Å². The second kappa shape index (κ2) is 6.65. The van der Waals surface area contributed by atoms with Crippen molar-refractivity contribution < 1.29 is 9.21 Å². The Morgan fingerprint density at radius 2 is 2.12 bits per heavy atom. The highest BCUT2D eigenvalue weighted by atomic mass is 32.1. The zero-order valence-electron chi connectivity index (χ0n) is 14.3. The third-order valence-corrected chi connectivity index (χ3v) is 4.71. The van der Waals surface area contributed by atoms with E-state index in [-0.39, 0.29) is 11.9 Å². The zero-order valence-corrected chi connectivity index (χ0v) is 15.1. The minimum atomic E-state index is -0.119. The van der Waals surface area contributed by atoms with E-state index in [1.807, 2.05) is 36.9 Å². The molecule has 126 valence electrons. The van der Waals surface area contributed by atoms with Gasteiger partial charge in [-0.3, -0.25) is 9.48 Å². The molecule has 0 fully saturated rings. The summed E-state index contributed by atoms with van der Waals surface area (Å²) in [5.74, 6) is 1.26. The summed E-state index contributed by atoms with van der Waals surface area (Å²) >= 11 is 1.64. The predicted octanol–water partition coefficient (Wildman–Crippen LogP) is 3.79. The Morgan fingerprint density at radius 1 is 1.33 bits per heavy atom. The van der Waals surface area contributed by atoms with Crippen molar-refractivity contribution >= 4 is 17.2 Å². The number of aryl methyl sites for hydroxylation is 4. The summed E-state index contributed by atoms with van der Waals surface area (Å²) in [5, 5.41) is 11.8. The van der Waals surface area contributed by atoms with Gasteiger partial charge in [0.2, 0.25) is 0 Å². The second-order valence-electron chi connectivity index (χ2n) is 5.98. The molecule has 0 unspecified atom stereocenters. The van der Waals surface area contributed by atoms with Crippen LogP contribution in [-0.4, -0.2) is 22.2 Å². The Labute approximate surface area is 145 Å². The number of hydrogen-bond donors (Lipinski definition) is 1. The van der Waals surface area contributed by atoms with Crippen molar-refractivity contribution in [3.05, 3.63) is 63.0 Å². The average molecular weight is 343 g/mol. The van der Waals surface area contributed by atoms with Gasteiger partial charge in [0.25, 0.3) is 5.91 Å². The van der Waals surface area contributed by atoms with Crippen molar-refractivity contribution in [2.24, 2.45) is 0 Å². The van der Waals surface area contributed by atoms with E-state index in [2.05, 4.69) is 21.9 Å². The predicted molar refractivity (Wildman–Crippen MR) is 94.7 cm³/mol. The molecule has 1 atom stereocenters. The molecule has 24 heavy (non-hydrogen) atoms. The van der Waals surface area contributed by atoms with Gasteiger partial charge >= 0.3 is 0 Å². The summed E-state index contributed by atoms with van der Waals surface area (Å²) in [6, 6.07) is 5.87. The second-order valence-corrected chi connectivity index (χ2v) is 6.76. The van der Waals surface area contributed by atoms with Gasteiger partial charge in [0.1, 0.15) is 11.5 Å². The molecule has 3 aromatic heterocycles. The van der Waals surface area contributed by atoms with Gasteiger partial charge < -0.3 is 9.73 Å². The molecular formula is C18H21N3O2S. The minimum Gasteiger partial charge on any atom is -0.466 e. The van der Waals surface area contributed by atoms with Crippen LogP contribution in [0.3, 0.4) is 0 Å². The molecule has 1 N–H and O–H groups in total. The van der Waals surface area contributed by atoms with Crippen LogP contribution in [-0.2, 0) is 0 Å². The fraction of sp³-hybridized carbons (Fsp3) is 0.333. The first kappa shape index (κ1) is 16.5. The summed E-state index contributed by atoms with van der Waals surface area (Å²) in [4.78, 5) is 12.5. The number of amides is 1. The smallest absolute Gasteiger partial charge is 0.254 e. The van der Waals surface area contributed by atoms with Crippen LogP contribution in [0.2, 0.25) is 0 Å². The van der Waals surface area contributed by atoms with Gasteiger partial charge in [0.15, 0.2) is 0 Å². The molecule has 0 spiro atoms. The van der Waals surface area contributed by atoms with Crippen molar-refractivity contribution in [3.63, 3.8) is 0 Å². The van der Waals surface area contributed by atoms with Gasteiger partial charge in [-0.25, -0.2) is 0 Å². The summed E-state index contributed by atoms with van der Waals surface area (Å²) in [7, 11) is 0. The monoisotopic (exact) mass is 343 g/mol. The molecule has 3 rings (SSSR count). The number of hydrogen-bond acceptors (Lipinski definition) is 4. The summed E-state index contributed by atoms with van der Waals surface area (Å²) in [6.45, 7) is 8.13. The van der Waals surface area contributed by atoms with Gasteiger partial charge in [0, 0.05) is 12.2 Å². The average Bonchev–Trinajstić information content (AvgIpc) is 3.22. The maximum atomic E-state index is 12.5. The van der Waals surface area contributed by atoms with Gasteiger partial charge in [-0.05, 0) is 62.2 Å². The number of carbonyl (C=O) groups excluding carboxylic acids is 1. The van der Waals surface area contributed by atoms with E-state index in [0.717, 1.165) is 22.7 Å². The maximum absolute atomic E-state index is 12.5. The third kappa shape index (κ3) is 3.28. The molecule has 0 saturated heterocycles. The number of furan rings is 1. The highest BCUT2D eigenvalue weighted by molar-refractivity contribution is 7.07. The number of rotatable bonds is 5. The quantitative estimate of drug-likeness (QED) is 0.767. The molecule has 0 aliphatic carbocycles. The Balaban J connectivity index is 1.82. The molecule has 0 aliphatic rings. The Morgan fingerprint density at radius 3 is 2.67 bits per heavy atom. The topological polar surface area (TPSA) is 60.1 Å². The fourth-order valence-corrected chi connectivity index (χ4v) is 3.62. The summed E-state index contributed by atoms with van der Waals surface area (Å²) < 4.78 is 7.42. The highest BCUT2D eigenvalue weighted by Crippen LogP contribution is 2.22. The van der Waals surface area contributed by atoms with Crippen LogP contribution in [0, 0.1) is 27.7 Å². The van der Waals surface area contributed by atoms with E-state index in [9.17, 15) is 4.79 Å². The molecule has 0 radical (unpaired) electrons. The van der Waals surface area contributed by atoms with Crippen LogP contribution in [0.25, 0.3) is 0 Å². The molecule has 0 saturated carbocycles. The first-order chi connectivity index (χ1) is 11.5. The third-order valence-electron chi connectivity index (χ3n) is 4.01. The largest absolute Gasteiger partial charge is 0.466 e. The maximum Gasteiger partial charge on any atom is 0.254 e. The van der Waals surface area contributed by atoms with E-state index in [4.69, 9.17) is 4.42 Å². The number of nitrogens with zero attached hydrogens (tertiary/aromatic N) is 2. The van der Waals surface area contributed by atoms with Gasteiger partial charge in [-0.15, -0.1) is 0 Å². The first-order valence-corrected chi connectivity index (χ1v) is 8.80. The minimum absolute atomic E-state index is 0.0257. The lowest BCUT2D eigenvalue weighted by Gasteiger charge is -2.19. The Bertz CT molecular complexity index is 846. The molecule has 5 nitrogen and oxygen atoms in total. The van der Waals surface area contributed by atoms with Crippen LogP contribution in [0.15, 0.2) is 33.4 Å². The van der Waals surface area contributed by atoms with Gasteiger partial charge in [-0.2, -0.15) is 16.4 Å². The van der Waals surface area contributed by atoms with E-state index >= 15 is 0 Å². The van der Waals surface area contributed by atoms with Crippen LogP contribution in [0.4, 0.5) is 0 Å². The lowest BCUT2D eigenvalue weighted by atomic mass is 10.1. The Kier molecular flexibility index (Phi) is 4.57. The van der Waals surface area contributed by atoms with Crippen LogP contribution >= 0.6 is 11.3 Å². The lowest BCUT2D eigenvalue weighted by Crippen LogP contribution is -2.32. The number of nitrogens with one attached hydrogen (secondary N) is 1. The molecule has 6 heteroatoms. The van der Waals surface area contributed by atoms with E-state index in [0.29, 0.717) is 17.9 Å². The molecule has 0 aromatic carbocycles. The standard InChI is InChI=1S/C18H21N3O2S/c1-11-7-12(2)21(20-11)17(15-5-6-24-10-15)9-19-18(22)16-8-13(3)23-14(16)4/h5-8,10,17H,9H2,1-4H3,(H,19,22)/t17-/m0/s1. The van der Waals surface area contributed by atoms with Crippen LogP contribution < -0.4 is 5.32 Å². The first-order valence-electron chi connectivity index (χ1n) is 7.86. The van der Waals surface area contributed by atoms with Crippen molar-refractivity contribution in [3.8, 4) is 0 Å². The molecule has 0 bridgehead atoms. The number of thiophene rings is 1. The summed E-state index contributed by atoms with van der Waals surface area (Å²) in [6.07, 6.45) is 0. The van der Waals surface area contributed by atoms with Gasteiger partial charge in [-0.1, -0.05) is 0 Å². The molecule has 0 aliphatic heterocycles. The SMILES string of the molecule is Cc1cc(C)n([C@@H](CNC(=O)c2cc(C)oc2C)c2ccsc2)n1. The lowest BCUT2D eigenvalue weighted by molar-refractivity contribution is 0.0947. The summed E-state index contributed by atoms with van der Waals surface area (Å²) in [5.41, 5.74) is 3.78. The molecule has 3 heterocycles. The van der Waals surface area contributed by atoms with Gasteiger partial charge in [0.05, 0.1) is 17.3 Å². The fourth-order valence-electron chi connectivity index (χ4n) is 2.91. The molecular weight excluding hydrogens is 322 g/mol. The van der Waals surface area contributed by atoms with E-state index in [1.54, 1.807) is 24.3 Å². The zero-order chi connectivity index (χ0) is 17.3. The normalized spacial score (nSPS) is 12.3. The Hall–Kier alpha value is -2.34.